The van der Waals surface area contributed by atoms with Crippen molar-refractivity contribution in [1.29, 1.82) is 0 Å². The van der Waals surface area contributed by atoms with Crippen molar-refractivity contribution in [3.05, 3.63) is 35.9 Å². The van der Waals surface area contributed by atoms with Gasteiger partial charge in [-0.15, -0.1) is 0 Å². The Kier molecular flexibility index (Phi) is 7.82. The number of hydrogen-bond acceptors (Lipinski definition) is 4. The predicted molar refractivity (Wildman–Crippen MR) is 59.5 cm³/mol. The molecule has 84 valence electrons. The van der Waals surface area contributed by atoms with Gasteiger partial charge in [0.25, 0.3) is 0 Å². The molecule has 0 radical (unpaired) electrons. The molecule has 0 unspecified atom stereocenters. The quantitative estimate of drug-likeness (QED) is 0.591. The average Bonchev–Trinajstić information content (AvgIpc) is 2.30. The van der Waals surface area contributed by atoms with E-state index in [9.17, 15) is 9.36 Å². The van der Waals surface area contributed by atoms with E-state index < -0.39 is 8.25 Å². The highest BCUT2D eigenvalue weighted by Crippen LogP contribution is 2.18. The first-order valence-corrected chi connectivity index (χ1v) is 5.52. The van der Waals surface area contributed by atoms with E-state index in [0.717, 1.165) is 5.56 Å². The normalized spacial score (nSPS) is 9.33. The first kappa shape index (κ1) is 14.0. The van der Waals surface area contributed by atoms with E-state index in [2.05, 4.69) is 9.05 Å². The van der Waals surface area contributed by atoms with Gasteiger partial charge in [0.05, 0.1) is 0 Å². The number of Topliss-reactive ketones (excluding diaryl/α,β-unsaturated/α-hetero) is 1. The molecule has 0 spiro atoms. The molecular weight excluding hydrogens is 215 g/mol. The van der Waals surface area contributed by atoms with Crippen LogP contribution in [0.1, 0.15) is 17.3 Å². The topological polar surface area (TPSA) is 52.6 Å². The summed E-state index contributed by atoms with van der Waals surface area (Å²) in [4.78, 5) is 10.6. The molecule has 5 heteroatoms. The molecule has 0 amide bonds. The summed E-state index contributed by atoms with van der Waals surface area (Å²) in [5.41, 5.74) is 0.775. The maximum atomic E-state index is 10.6. The molecule has 0 aliphatic carbocycles. The Bertz CT molecular complexity index is 304. The molecule has 15 heavy (non-hydrogen) atoms. The van der Waals surface area contributed by atoms with E-state index in [0.29, 0.717) is 0 Å². The first-order chi connectivity index (χ1) is 7.11. The summed E-state index contributed by atoms with van der Waals surface area (Å²) in [7, 11) is 0.558. The van der Waals surface area contributed by atoms with Gasteiger partial charge in [-0.2, -0.15) is 0 Å². The van der Waals surface area contributed by atoms with E-state index in [1.807, 2.05) is 30.3 Å². The van der Waals surface area contributed by atoms with Gasteiger partial charge in [-0.25, -0.2) is 0 Å². The van der Waals surface area contributed by atoms with Crippen LogP contribution in [-0.2, 0) is 13.6 Å². The second kappa shape index (κ2) is 8.36. The van der Waals surface area contributed by atoms with Gasteiger partial charge in [-0.1, -0.05) is 30.3 Å². The van der Waals surface area contributed by atoms with Crippen LogP contribution in [0.4, 0.5) is 0 Å². The van der Waals surface area contributed by atoms with E-state index in [1.165, 1.54) is 14.2 Å². The molecule has 1 aromatic carbocycles. The lowest BCUT2D eigenvalue weighted by Crippen LogP contribution is -1.88. The van der Waals surface area contributed by atoms with Gasteiger partial charge in [0.1, 0.15) is 0 Å². The molecular formula is C10H15O4P. The summed E-state index contributed by atoms with van der Waals surface area (Å²) >= 11 is 0. The molecule has 0 bridgehead atoms. The fourth-order valence-corrected chi connectivity index (χ4v) is 0.923. The Morgan fingerprint density at radius 2 is 1.60 bits per heavy atom. The summed E-state index contributed by atoms with van der Waals surface area (Å²) < 4.78 is 18.4. The monoisotopic (exact) mass is 230 g/mol. The lowest BCUT2D eigenvalue weighted by molar-refractivity contribution is 0.101. The third-order valence-corrected chi connectivity index (χ3v) is 2.18. The predicted octanol–water partition coefficient (Wildman–Crippen LogP) is 2.56. The number of rotatable bonds is 3. The van der Waals surface area contributed by atoms with E-state index in [-0.39, 0.29) is 5.78 Å². The largest absolute Gasteiger partial charge is 0.318 e. The Balaban J connectivity index is 0.000000288. The molecule has 0 fully saturated rings. The standard InChI is InChI=1S/C8H8O.C2H7O3P/c1-7(9)8-5-3-2-4-6-8;1-4-6(3)5-2/h2-6H,1H3;6H,1-2H3. The summed E-state index contributed by atoms with van der Waals surface area (Å²) in [6, 6.07) is 9.23. The van der Waals surface area contributed by atoms with Crippen molar-refractivity contribution in [2.45, 2.75) is 6.92 Å². The maximum Gasteiger partial charge on any atom is 0.318 e. The Labute approximate surface area is 90.2 Å². The average molecular weight is 230 g/mol. The van der Waals surface area contributed by atoms with Crippen molar-refractivity contribution in [1.82, 2.24) is 0 Å². The van der Waals surface area contributed by atoms with Crippen molar-refractivity contribution < 1.29 is 18.4 Å². The fraction of sp³-hybridized carbons (Fsp3) is 0.300. The Morgan fingerprint density at radius 3 is 1.80 bits per heavy atom. The fourth-order valence-electron chi connectivity index (χ4n) is 0.756. The van der Waals surface area contributed by atoms with Gasteiger partial charge < -0.3 is 9.05 Å². The Morgan fingerprint density at radius 1 is 1.13 bits per heavy atom. The van der Waals surface area contributed by atoms with Gasteiger partial charge in [0.15, 0.2) is 5.78 Å². The molecule has 0 saturated carbocycles. The lowest BCUT2D eigenvalue weighted by atomic mass is 10.2. The molecule has 0 atom stereocenters. The summed E-state index contributed by atoms with van der Waals surface area (Å²) in [6.07, 6.45) is 0. The van der Waals surface area contributed by atoms with Gasteiger partial charge in [0.2, 0.25) is 0 Å². The van der Waals surface area contributed by atoms with Crippen LogP contribution in [0.3, 0.4) is 0 Å². The zero-order valence-corrected chi connectivity index (χ0v) is 10.0. The number of ketones is 1. The van der Waals surface area contributed by atoms with Crippen LogP contribution in [0.2, 0.25) is 0 Å². The highest BCUT2D eigenvalue weighted by Gasteiger charge is 1.92. The SMILES string of the molecule is CC(=O)c1ccccc1.CO[PH](=O)OC. The number of carbonyl (C=O) groups is 1. The summed E-state index contributed by atoms with van der Waals surface area (Å²) in [5, 5.41) is 0. The molecule has 1 rings (SSSR count). The van der Waals surface area contributed by atoms with Crippen molar-refractivity contribution in [2.24, 2.45) is 0 Å². The number of carbonyl (C=O) groups excluding carboxylic acids is 1. The lowest BCUT2D eigenvalue weighted by Gasteiger charge is -1.89. The van der Waals surface area contributed by atoms with Gasteiger partial charge in [-0.05, 0) is 6.92 Å². The minimum Gasteiger partial charge on any atom is -0.314 e. The van der Waals surface area contributed by atoms with Gasteiger partial charge in [0, 0.05) is 19.8 Å². The van der Waals surface area contributed by atoms with Crippen molar-refractivity contribution in [3.63, 3.8) is 0 Å². The third-order valence-electron chi connectivity index (χ3n) is 1.51. The van der Waals surface area contributed by atoms with Gasteiger partial charge in [-0.3, -0.25) is 9.36 Å². The molecule has 4 nitrogen and oxygen atoms in total. The van der Waals surface area contributed by atoms with E-state index in [1.54, 1.807) is 6.92 Å². The molecule has 0 aliphatic heterocycles. The van der Waals surface area contributed by atoms with E-state index >= 15 is 0 Å². The minimum absolute atomic E-state index is 0.121. The van der Waals surface area contributed by atoms with Crippen LogP contribution in [0, 0.1) is 0 Å². The Hall–Kier alpha value is -0.960. The molecule has 0 heterocycles. The summed E-state index contributed by atoms with van der Waals surface area (Å²) in [5.74, 6) is 0.121. The molecule has 0 aliphatic rings. The number of hydrogen-bond donors (Lipinski definition) is 0. The van der Waals surface area contributed by atoms with E-state index in [4.69, 9.17) is 0 Å². The number of benzene rings is 1. The van der Waals surface area contributed by atoms with Crippen molar-refractivity contribution in [2.75, 3.05) is 14.2 Å². The second-order valence-electron chi connectivity index (χ2n) is 2.58. The van der Waals surface area contributed by atoms with Crippen LogP contribution in [0.5, 0.6) is 0 Å². The maximum absolute atomic E-state index is 10.6. The van der Waals surface area contributed by atoms with Crippen LogP contribution >= 0.6 is 8.25 Å². The molecule has 1 aromatic rings. The van der Waals surface area contributed by atoms with Crippen LogP contribution in [-0.4, -0.2) is 20.0 Å². The van der Waals surface area contributed by atoms with Crippen molar-refractivity contribution >= 4 is 14.0 Å². The molecule has 0 aromatic heterocycles. The zero-order valence-electron chi connectivity index (χ0n) is 9.02. The van der Waals surface area contributed by atoms with Crippen LogP contribution in [0.15, 0.2) is 30.3 Å². The van der Waals surface area contributed by atoms with Gasteiger partial charge >= 0.3 is 8.25 Å². The first-order valence-electron chi connectivity index (χ1n) is 4.29. The van der Waals surface area contributed by atoms with Crippen molar-refractivity contribution in [3.8, 4) is 0 Å². The third kappa shape index (κ3) is 7.03. The second-order valence-corrected chi connectivity index (χ2v) is 3.90. The van der Waals surface area contributed by atoms with Crippen LogP contribution in [0.25, 0.3) is 0 Å². The summed E-state index contributed by atoms with van der Waals surface area (Å²) in [6.45, 7) is 1.56. The highest BCUT2D eigenvalue weighted by atomic mass is 31.1. The molecule has 0 saturated heterocycles. The zero-order chi connectivity index (χ0) is 11.7. The smallest absolute Gasteiger partial charge is 0.314 e. The minimum atomic E-state index is -2.12. The highest BCUT2D eigenvalue weighted by molar-refractivity contribution is 7.33. The van der Waals surface area contributed by atoms with Crippen LogP contribution < -0.4 is 0 Å². The molecule has 0 N–H and O–H groups in total.